The first-order valence-corrected chi connectivity index (χ1v) is 6.44. The summed E-state index contributed by atoms with van der Waals surface area (Å²) in [6.45, 7) is 0.491. The molecule has 0 aliphatic heterocycles. The highest BCUT2D eigenvalue weighted by atomic mass is 19.1. The van der Waals surface area contributed by atoms with E-state index in [1.54, 1.807) is 31.5 Å². The van der Waals surface area contributed by atoms with Crippen molar-refractivity contribution in [2.75, 3.05) is 24.4 Å². The number of benzene rings is 1. The Morgan fingerprint density at radius 3 is 2.81 bits per heavy atom. The average molecular weight is 289 g/mol. The molecule has 2 rings (SSSR count). The molecule has 0 atom stereocenters. The topological polar surface area (TPSA) is 63.2 Å². The standard InChI is InChI=1S/C15H16FN3O2/c1-21-6-4-11-7-12(16)9-14(8-11)19-15(20)18-13-3-2-5-17-10-13/h2-3,5,7-10H,4,6H2,1H3,(H2,18,19,20). The summed E-state index contributed by atoms with van der Waals surface area (Å²) in [5, 5.41) is 5.20. The number of hydrogen-bond acceptors (Lipinski definition) is 3. The van der Waals surface area contributed by atoms with Crippen molar-refractivity contribution in [2.24, 2.45) is 0 Å². The second-order valence-corrected chi connectivity index (χ2v) is 4.41. The Kier molecular flexibility index (Phi) is 5.22. The van der Waals surface area contributed by atoms with Crippen LogP contribution in [0.4, 0.5) is 20.6 Å². The van der Waals surface area contributed by atoms with Gasteiger partial charge in [0.05, 0.1) is 18.5 Å². The van der Waals surface area contributed by atoms with Crippen molar-refractivity contribution >= 4 is 17.4 Å². The van der Waals surface area contributed by atoms with E-state index in [0.29, 0.717) is 24.4 Å². The van der Waals surface area contributed by atoms with Crippen molar-refractivity contribution in [1.29, 1.82) is 0 Å². The molecule has 0 spiro atoms. The van der Waals surface area contributed by atoms with E-state index in [1.807, 2.05) is 0 Å². The summed E-state index contributed by atoms with van der Waals surface area (Å²) in [6, 6.07) is 7.36. The Morgan fingerprint density at radius 2 is 2.10 bits per heavy atom. The van der Waals surface area contributed by atoms with Gasteiger partial charge in [-0.2, -0.15) is 0 Å². The fraction of sp³-hybridized carbons (Fsp3) is 0.200. The van der Waals surface area contributed by atoms with Gasteiger partial charge in [0, 0.05) is 19.0 Å². The number of urea groups is 1. The number of halogens is 1. The summed E-state index contributed by atoms with van der Waals surface area (Å²) in [4.78, 5) is 15.7. The molecule has 0 saturated heterocycles. The molecule has 0 radical (unpaired) electrons. The lowest BCUT2D eigenvalue weighted by Crippen LogP contribution is -2.19. The normalized spacial score (nSPS) is 10.2. The number of amides is 2. The van der Waals surface area contributed by atoms with Crippen LogP contribution < -0.4 is 10.6 Å². The number of anilines is 2. The van der Waals surface area contributed by atoms with Crippen LogP contribution in [-0.2, 0) is 11.2 Å². The minimum Gasteiger partial charge on any atom is -0.384 e. The molecule has 1 aromatic heterocycles. The molecule has 0 saturated carbocycles. The van der Waals surface area contributed by atoms with Crippen molar-refractivity contribution in [3.8, 4) is 0 Å². The van der Waals surface area contributed by atoms with Gasteiger partial charge in [-0.25, -0.2) is 9.18 Å². The first-order valence-electron chi connectivity index (χ1n) is 6.44. The highest BCUT2D eigenvalue weighted by molar-refractivity contribution is 5.99. The summed E-state index contributed by atoms with van der Waals surface area (Å²) in [5.74, 6) is -0.403. The van der Waals surface area contributed by atoms with Gasteiger partial charge in [0.15, 0.2) is 0 Å². The van der Waals surface area contributed by atoms with Gasteiger partial charge in [0.2, 0.25) is 0 Å². The number of methoxy groups -OCH3 is 1. The quantitative estimate of drug-likeness (QED) is 0.889. The highest BCUT2D eigenvalue weighted by Gasteiger charge is 2.06. The smallest absolute Gasteiger partial charge is 0.323 e. The Bertz CT molecular complexity index is 605. The summed E-state index contributed by atoms with van der Waals surface area (Å²) in [5.41, 5.74) is 1.71. The first-order chi connectivity index (χ1) is 10.2. The van der Waals surface area contributed by atoms with Crippen LogP contribution in [0.5, 0.6) is 0 Å². The zero-order chi connectivity index (χ0) is 15.1. The second-order valence-electron chi connectivity index (χ2n) is 4.41. The van der Waals surface area contributed by atoms with Crippen molar-refractivity contribution < 1.29 is 13.9 Å². The number of carbonyl (C=O) groups excluding carboxylic acids is 1. The maximum Gasteiger partial charge on any atom is 0.323 e. The number of rotatable bonds is 5. The molecule has 6 heteroatoms. The molecule has 2 amide bonds. The summed E-state index contributed by atoms with van der Waals surface area (Å²) in [7, 11) is 1.58. The van der Waals surface area contributed by atoms with Gasteiger partial charge < -0.3 is 15.4 Å². The highest BCUT2D eigenvalue weighted by Crippen LogP contribution is 2.15. The molecule has 0 bridgehead atoms. The minimum atomic E-state index is -0.453. The van der Waals surface area contributed by atoms with Gasteiger partial charge in [-0.1, -0.05) is 0 Å². The molecule has 110 valence electrons. The molecular formula is C15H16FN3O2. The molecule has 0 aliphatic carbocycles. The lowest BCUT2D eigenvalue weighted by Gasteiger charge is -2.09. The number of nitrogens with one attached hydrogen (secondary N) is 2. The molecular weight excluding hydrogens is 273 g/mol. The van der Waals surface area contributed by atoms with Gasteiger partial charge in [-0.3, -0.25) is 4.98 Å². The van der Waals surface area contributed by atoms with E-state index in [0.717, 1.165) is 5.56 Å². The van der Waals surface area contributed by atoms with Gasteiger partial charge in [0.1, 0.15) is 5.82 Å². The third-order valence-electron chi connectivity index (χ3n) is 2.73. The number of hydrogen-bond donors (Lipinski definition) is 2. The predicted molar refractivity (Wildman–Crippen MR) is 78.9 cm³/mol. The third kappa shape index (κ3) is 4.85. The Balaban J connectivity index is 2.01. The molecule has 2 aromatic rings. The van der Waals surface area contributed by atoms with E-state index in [1.165, 1.54) is 18.3 Å². The van der Waals surface area contributed by atoms with Crippen LogP contribution in [0.1, 0.15) is 5.56 Å². The van der Waals surface area contributed by atoms with E-state index in [-0.39, 0.29) is 0 Å². The summed E-state index contributed by atoms with van der Waals surface area (Å²) in [6.07, 6.45) is 3.71. The van der Waals surface area contributed by atoms with Crippen LogP contribution >= 0.6 is 0 Å². The van der Waals surface area contributed by atoms with Crippen molar-refractivity contribution in [2.45, 2.75) is 6.42 Å². The Labute approximate surface area is 122 Å². The number of nitrogens with zero attached hydrogens (tertiary/aromatic N) is 1. The van der Waals surface area contributed by atoms with Crippen LogP contribution in [0, 0.1) is 5.82 Å². The Morgan fingerprint density at radius 1 is 1.29 bits per heavy atom. The monoisotopic (exact) mass is 289 g/mol. The number of ether oxygens (including phenoxy) is 1. The molecule has 0 aliphatic rings. The maximum atomic E-state index is 13.5. The van der Waals surface area contributed by atoms with Crippen LogP contribution in [0.2, 0.25) is 0 Å². The van der Waals surface area contributed by atoms with Crippen molar-refractivity contribution in [3.05, 3.63) is 54.1 Å². The lowest BCUT2D eigenvalue weighted by molar-refractivity contribution is 0.202. The fourth-order valence-corrected chi connectivity index (χ4v) is 1.82. The van der Waals surface area contributed by atoms with Crippen LogP contribution in [0.3, 0.4) is 0 Å². The van der Waals surface area contributed by atoms with E-state index in [2.05, 4.69) is 15.6 Å². The molecule has 2 N–H and O–H groups in total. The number of aromatic nitrogens is 1. The van der Waals surface area contributed by atoms with Gasteiger partial charge >= 0.3 is 6.03 Å². The zero-order valence-corrected chi connectivity index (χ0v) is 11.6. The lowest BCUT2D eigenvalue weighted by atomic mass is 10.1. The van der Waals surface area contributed by atoms with E-state index in [9.17, 15) is 9.18 Å². The third-order valence-corrected chi connectivity index (χ3v) is 2.73. The largest absolute Gasteiger partial charge is 0.384 e. The van der Waals surface area contributed by atoms with Crippen LogP contribution in [0.15, 0.2) is 42.7 Å². The molecule has 21 heavy (non-hydrogen) atoms. The molecule has 0 fully saturated rings. The van der Waals surface area contributed by atoms with E-state index >= 15 is 0 Å². The number of pyridine rings is 1. The molecule has 0 unspecified atom stereocenters. The molecule has 1 heterocycles. The van der Waals surface area contributed by atoms with Crippen molar-refractivity contribution in [1.82, 2.24) is 4.98 Å². The van der Waals surface area contributed by atoms with E-state index < -0.39 is 11.8 Å². The van der Waals surface area contributed by atoms with Gasteiger partial charge in [-0.05, 0) is 42.3 Å². The van der Waals surface area contributed by atoms with Gasteiger partial charge in [-0.15, -0.1) is 0 Å². The van der Waals surface area contributed by atoms with Gasteiger partial charge in [0.25, 0.3) is 0 Å². The number of carbonyl (C=O) groups is 1. The Hall–Kier alpha value is -2.47. The molecule has 1 aromatic carbocycles. The zero-order valence-electron chi connectivity index (χ0n) is 11.6. The first kappa shape index (κ1) is 14.9. The maximum absolute atomic E-state index is 13.5. The van der Waals surface area contributed by atoms with Crippen LogP contribution in [-0.4, -0.2) is 24.7 Å². The average Bonchev–Trinajstić information content (AvgIpc) is 2.45. The fourth-order valence-electron chi connectivity index (χ4n) is 1.82. The second kappa shape index (κ2) is 7.35. The van der Waals surface area contributed by atoms with E-state index in [4.69, 9.17) is 4.74 Å². The summed E-state index contributed by atoms with van der Waals surface area (Å²) < 4.78 is 18.5. The SMILES string of the molecule is COCCc1cc(F)cc(NC(=O)Nc2cccnc2)c1. The minimum absolute atomic E-state index is 0.391. The van der Waals surface area contributed by atoms with Crippen LogP contribution in [0.25, 0.3) is 0 Å². The summed E-state index contributed by atoms with van der Waals surface area (Å²) >= 11 is 0. The van der Waals surface area contributed by atoms with Crippen molar-refractivity contribution in [3.63, 3.8) is 0 Å². The predicted octanol–water partition coefficient (Wildman–Crippen LogP) is 3.05. The molecule has 5 nitrogen and oxygen atoms in total.